The van der Waals surface area contributed by atoms with E-state index in [1.807, 2.05) is 67.0 Å². The molecule has 0 radical (unpaired) electrons. The lowest BCUT2D eigenvalue weighted by atomic mass is 9.79. The van der Waals surface area contributed by atoms with E-state index in [9.17, 15) is 9.59 Å². The Morgan fingerprint density at radius 3 is 2.34 bits per heavy atom. The Morgan fingerprint density at radius 1 is 1.10 bits per heavy atom. The van der Waals surface area contributed by atoms with Crippen LogP contribution in [-0.2, 0) is 9.53 Å². The molecule has 3 atom stereocenters. The molecule has 1 aromatic rings. The van der Waals surface area contributed by atoms with Crippen molar-refractivity contribution >= 4 is 12.0 Å². The van der Waals surface area contributed by atoms with Crippen molar-refractivity contribution in [2.24, 2.45) is 5.92 Å². The second-order valence-electron chi connectivity index (χ2n) is 9.12. The highest BCUT2D eigenvalue weighted by Crippen LogP contribution is 2.37. The lowest BCUT2D eigenvalue weighted by Gasteiger charge is -2.36. The van der Waals surface area contributed by atoms with Gasteiger partial charge in [0.15, 0.2) is 0 Å². The van der Waals surface area contributed by atoms with Crippen molar-refractivity contribution in [2.45, 2.75) is 64.0 Å². The van der Waals surface area contributed by atoms with Gasteiger partial charge in [0.25, 0.3) is 0 Å². The van der Waals surface area contributed by atoms with Crippen LogP contribution >= 0.6 is 0 Å². The molecule has 3 rings (SSSR count). The minimum absolute atomic E-state index is 0.0842. The quantitative estimate of drug-likeness (QED) is 0.682. The van der Waals surface area contributed by atoms with Gasteiger partial charge in [-0.3, -0.25) is 4.79 Å². The third-order valence-electron chi connectivity index (χ3n) is 5.87. The minimum atomic E-state index is -0.544. The molecule has 5 nitrogen and oxygen atoms in total. The van der Waals surface area contributed by atoms with Gasteiger partial charge in [-0.2, -0.15) is 0 Å². The first-order valence-corrected chi connectivity index (χ1v) is 10.8. The summed E-state index contributed by atoms with van der Waals surface area (Å²) in [5.74, 6) is -0.338. The van der Waals surface area contributed by atoms with Gasteiger partial charge in [-0.1, -0.05) is 36.4 Å². The summed E-state index contributed by atoms with van der Waals surface area (Å²) in [4.78, 5) is 30.2. The minimum Gasteiger partial charge on any atom is -0.444 e. The van der Waals surface area contributed by atoms with Crippen LogP contribution in [0.25, 0.3) is 0 Å². The highest BCUT2D eigenvalue weighted by Gasteiger charge is 2.43. The lowest BCUT2D eigenvalue weighted by Crippen LogP contribution is -2.46. The van der Waals surface area contributed by atoms with E-state index < -0.39 is 5.60 Å². The van der Waals surface area contributed by atoms with Gasteiger partial charge in [0.05, 0.1) is 5.92 Å². The zero-order valence-corrected chi connectivity index (χ0v) is 18.0. The molecule has 2 amide bonds. The first-order valence-electron chi connectivity index (χ1n) is 10.8. The number of carbonyl (C=O) groups excluding carboxylic acids is 2. The fourth-order valence-corrected chi connectivity index (χ4v) is 4.58. The summed E-state index contributed by atoms with van der Waals surface area (Å²) in [6.45, 7) is 12.0. The SMILES string of the molecule is C=C[C@@H]([C@H](C(=O)N1CCCC1)c1ccccc1)[C@H]1CCCN1C(=O)OC(C)(C)C. The molecule has 0 N–H and O–H groups in total. The van der Waals surface area contributed by atoms with Crippen LogP contribution in [0.3, 0.4) is 0 Å². The van der Waals surface area contributed by atoms with Gasteiger partial charge in [-0.05, 0) is 52.0 Å². The Morgan fingerprint density at radius 2 is 1.76 bits per heavy atom. The third kappa shape index (κ3) is 5.01. The molecule has 5 heteroatoms. The summed E-state index contributed by atoms with van der Waals surface area (Å²) < 4.78 is 5.65. The van der Waals surface area contributed by atoms with Crippen LogP contribution < -0.4 is 0 Å². The Kier molecular flexibility index (Phi) is 6.66. The van der Waals surface area contributed by atoms with Crippen molar-refractivity contribution in [1.29, 1.82) is 0 Å². The number of likely N-dealkylation sites (tertiary alicyclic amines) is 2. The maximum absolute atomic E-state index is 13.6. The highest BCUT2D eigenvalue weighted by atomic mass is 16.6. The van der Waals surface area contributed by atoms with Crippen molar-refractivity contribution in [3.63, 3.8) is 0 Å². The molecule has 2 aliphatic heterocycles. The molecule has 0 unspecified atom stereocenters. The number of rotatable bonds is 5. The summed E-state index contributed by atoms with van der Waals surface area (Å²) in [5, 5.41) is 0. The number of amides is 2. The molecule has 1 aromatic carbocycles. The molecule has 158 valence electrons. The van der Waals surface area contributed by atoms with Gasteiger partial charge in [-0.25, -0.2) is 4.79 Å². The van der Waals surface area contributed by atoms with E-state index in [2.05, 4.69) is 6.58 Å². The lowest BCUT2D eigenvalue weighted by molar-refractivity contribution is -0.133. The monoisotopic (exact) mass is 398 g/mol. The molecule has 0 bridgehead atoms. The highest BCUT2D eigenvalue weighted by molar-refractivity contribution is 5.85. The number of hydrogen-bond donors (Lipinski definition) is 0. The molecular formula is C24H34N2O3. The molecule has 2 saturated heterocycles. The van der Waals surface area contributed by atoms with Crippen LogP contribution in [0.15, 0.2) is 43.0 Å². The van der Waals surface area contributed by atoms with Crippen LogP contribution in [0.4, 0.5) is 4.79 Å². The average Bonchev–Trinajstić information content (AvgIpc) is 3.36. The standard InChI is InChI=1S/C24H34N2O3/c1-5-19(20-14-11-17-26(20)23(28)29-24(2,3)4)21(18-12-7-6-8-13-18)22(27)25-15-9-10-16-25/h5-8,12-13,19-21H,1,9-11,14-17H2,2-4H3/t19-,20-,21-/m1/s1. The number of nitrogens with zero attached hydrogens (tertiary/aromatic N) is 2. The first-order chi connectivity index (χ1) is 13.8. The van der Waals surface area contributed by atoms with E-state index in [1.165, 1.54) is 0 Å². The predicted molar refractivity (Wildman–Crippen MR) is 115 cm³/mol. The maximum atomic E-state index is 13.6. The van der Waals surface area contributed by atoms with Crippen molar-refractivity contribution in [3.8, 4) is 0 Å². The number of benzene rings is 1. The van der Waals surface area contributed by atoms with Crippen LogP contribution in [-0.4, -0.2) is 53.1 Å². The smallest absolute Gasteiger partial charge is 0.410 e. The molecular weight excluding hydrogens is 364 g/mol. The zero-order chi connectivity index (χ0) is 21.0. The largest absolute Gasteiger partial charge is 0.444 e. The Bertz CT molecular complexity index is 719. The number of ether oxygens (including phenoxy) is 1. The number of hydrogen-bond acceptors (Lipinski definition) is 3. The van der Waals surface area contributed by atoms with Crippen LogP contribution in [0, 0.1) is 5.92 Å². The maximum Gasteiger partial charge on any atom is 0.410 e. The van der Waals surface area contributed by atoms with Gasteiger partial charge < -0.3 is 14.5 Å². The van der Waals surface area contributed by atoms with Gasteiger partial charge >= 0.3 is 6.09 Å². The molecule has 0 aromatic heterocycles. The van der Waals surface area contributed by atoms with Gasteiger partial charge in [0.2, 0.25) is 5.91 Å². The van der Waals surface area contributed by atoms with Crippen molar-refractivity contribution in [1.82, 2.24) is 9.80 Å². The molecule has 0 saturated carbocycles. The molecule has 2 aliphatic rings. The van der Waals surface area contributed by atoms with Crippen molar-refractivity contribution in [3.05, 3.63) is 48.6 Å². The summed E-state index contributed by atoms with van der Waals surface area (Å²) in [7, 11) is 0. The van der Waals surface area contributed by atoms with E-state index in [1.54, 1.807) is 0 Å². The predicted octanol–water partition coefficient (Wildman–Crippen LogP) is 4.59. The van der Waals surface area contributed by atoms with Crippen LogP contribution in [0.2, 0.25) is 0 Å². The Balaban J connectivity index is 1.91. The molecule has 2 heterocycles. The summed E-state index contributed by atoms with van der Waals surface area (Å²) in [6.07, 6.45) is 5.45. The van der Waals surface area contributed by atoms with E-state index in [-0.39, 0.29) is 29.9 Å². The fourth-order valence-electron chi connectivity index (χ4n) is 4.58. The summed E-state index contributed by atoms with van der Waals surface area (Å²) in [6, 6.07) is 9.86. The Hall–Kier alpha value is -2.30. The van der Waals surface area contributed by atoms with E-state index in [0.29, 0.717) is 6.54 Å². The van der Waals surface area contributed by atoms with Crippen LogP contribution in [0.1, 0.15) is 57.9 Å². The summed E-state index contributed by atoms with van der Waals surface area (Å²) in [5.41, 5.74) is 0.448. The third-order valence-corrected chi connectivity index (χ3v) is 5.87. The Labute approximate surface area is 174 Å². The van der Waals surface area contributed by atoms with Crippen molar-refractivity contribution < 1.29 is 14.3 Å². The normalized spacial score (nSPS) is 21.7. The number of carbonyl (C=O) groups is 2. The summed E-state index contributed by atoms with van der Waals surface area (Å²) >= 11 is 0. The second kappa shape index (κ2) is 9.02. The zero-order valence-electron chi connectivity index (χ0n) is 18.0. The van der Waals surface area contributed by atoms with E-state index in [0.717, 1.165) is 44.3 Å². The molecule has 2 fully saturated rings. The van der Waals surface area contributed by atoms with Gasteiger partial charge in [0.1, 0.15) is 5.60 Å². The fraction of sp³-hybridized carbons (Fsp3) is 0.583. The molecule has 29 heavy (non-hydrogen) atoms. The van der Waals surface area contributed by atoms with E-state index in [4.69, 9.17) is 4.74 Å². The van der Waals surface area contributed by atoms with Crippen molar-refractivity contribution in [2.75, 3.05) is 19.6 Å². The van der Waals surface area contributed by atoms with Crippen LogP contribution in [0.5, 0.6) is 0 Å². The second-order valence-corrected chi connectivity index (χ2v) is 9.12. The first kappa shape index (κ1) is 21.4. The van der Waals surface area contributed by atoms with Gasteiger partial charge in [-0.15, -0.1) is 6.58 Å². The average molecular weight is 399 g/mol. The van der Waals surface area contributed by atoms with Gasteiger partial charge in [0, 0.05) is 31.6 Å². The molecule has 0 spiro atoms. The molecule has 0 aliphatic carbocycles. The topological polar surface area (TPSA) is 49.9 Å². The van der Waals surface area contributed by atoms with E-state index >= 15 is 0 Å².